The third-order valence-electron chi connectivity index (χ3n) is 4.47. The summed E-state index contributed by atoms with van der Waals surface area (Å²) in [6, 6.07) is 14.3. The first-order valence-corrected chi connectivity index (χ1v) is 9.27. The fraction of sp³-hybridized carbons (Fsp3) is 0.211. The fourth-order valence-electron chi connectivity index (χ4n) is 3.05. The second-order valence-electron chi connectivity index (χ2n) is 6.31. The van der Waals surface area contributed by atoms with Gasteiger partial charge in [0.05, 0.1) is 23.7 Å². The van der Waals surface area contributed by atoms with Gasteiger partial charge in [-0.25, -0.2) is 0 Å². The molecule has 26 heavy (non-hydrogen) atoms. The van der Waals surface area contributed by atoms with Crippen LogP contribution in [0.25, 0.3) is 22.3 Å². The van der Waals surface area contributed by atoms with Crippen molar-refractivity contribution in [3.8, 4) is 22.3 Å². The Bertz CT molecular complexity index is 1030. The van der Waals surface area contributed by atoms with E-state index in [1.807, 2.05) is 28.3 Å². The van der Waals surface area contributed by atoms with E-state index in [-0.39, 0.29) is 6.10 Å². The number of benzene rings is 1. The number of rotatable bonds is 3. The molecule has 0 N–H and O–H groups in total. The molecule has 0 aliphatic carbocycles. The number of fused-ring (bicyclic) bond motifs is 1. The van der Waals surface area contributed by atoms with Crippen LogP contribution in [0.15, 0.2) is 52.4 Å². The number of nitrogens with zero attached hydrogens (tertiary/aromatic N) is 4. The lowest BCUT2D eigenvalue weighted by Gasteiger charge is -2.24. The Morgan fingerprint density at radius 3 is 2.88 bits per heavy atom. The molecule has 0 saturated heterocycles. The summed E-state index contributed by atoms with van der Waals surface area (Å²) in [5, 5.41) is 10.7. The Morgan fingerprint density at radius 1 is 1.19 bits per heavy atom. The lowest BCUT2D eigenvalue weighted by molar-refractivity contribution is -0.00113. The van der Waals surface area contributed by atoms with Crippen molar-refractivity contribution in [2.45, 2.75) is 26.2 Å². The van der Waals surface area contributed by atoms with Crippen molar-refractivity contribution in [1.82, 2.24) is 19.9 Å². The first-order chi connectivity index (χ1) is 12.8. The second kappa shape index (κ2) is 6.19. The maximum Gasteiger partial charge on any atom is 0.278 e. The van der Waals surface area contributed by atoms with Crippen LogP contribution in [-0.2, 0) is 17.9 Å². The Hall–Kier alpha value is -2.77. The molecule has 0 saturated carbocycles. The van der Waals surface area contributed by atoms with E-state index in [1.165, 1.54) is 5.56 Å². The van der Waals surface area contributed by atoms with Crippen LogP contribution in [0.2, 0.25) is 0 Å². The minimum absolute atomic E-state index is 0.000199. The first kappa shape index (κ1) is 15.5. The zero-order chi connectivity index (χ0) is 17.5. The van der Waals surface area contributed by atoms with Crippen molar-refractivity contribution in [3.05, 3.63) is 64.7 Å². The van der Waals surface area contributed by atoms with Crippen LogP contribution < -0.4 is 0 Å². The summed E-state index contributed by atoms with van der Waals surface area (Å²) in [5.41, 5.74) is 4.10. The van der Waals surface area contributed by atoms with Gasteiger partial charge in [-0.15, -0.1) is 11.3 Å². The predicted molar refractivity (Wildman–Crippen MR) is 97.5 cm³/mol. The number of hydrogen-bond donors (Lipinski definition) is 0. The molecule has 3 aromatic heterocycles. The van der Waals surface area contributed by atoms with Gasteiger partial charge in [-0.3, -0.25) is 4.68 Å². The monoisotopic (exact) mass is 364 g/mol. The van der Waals surface area contributed by atoms with Gasteiger partial charge in [0, 0.05) is 0 Å². The molecular formula is C19H16N4O2S. The van der Waals surface area contributed by atoms with Crippen molar-refractivity contribution in [2.24, 2.45) is 0 Å². The molecule has 0 fully saturated rings. The summed E-state index contributed by atoms with van der Waals surface area (Å²) in [6.45, 7) is 3.26. The molecule has 1 aromatic carbocycles. The van der Waals surface area contributed by atoms with Gasteiger partial charge in [0.1, 0.15) is 6.10 Å². The SMILES string of the molecule is Cc1ccc([C@H]2Cn3nc(-c4nc(-c5cccs5)no4)cc3CO2)cc1. The van der Waals surface area contributed by atoms with Crippen LogP contribution in [0, 0.1) is 6.92 Å². The molecule has 0 radical (unpaired) electrons. The lowest BCUT2D eigenvalue weighted by atomic mass is 10.1. The highest BCUT2D eigenvalue weighted by Crippen LogP contribution is 2.30. The third-order valence-corrected chi connectivity index (χ3v) is 5.34. The summed E-state index contributed by atoms with van der Waals surface area (Å²) in [5.74, 6) is 1.02. The van der Waals surface area contributed by atoms with Gasteiger partial charge in [-0.1, -0.05) is 41.1 Å². The number of thiophene rings is 1. The Morgan fingerprint density at radius 2 is 2.08 bits per heavy atom. The molecule has 4 aromatic rings. The van der Waals surface area contributed by atoms with E-state index in [0.717, 1.165) is 16.1 Å². The van der Waals surface area contributed by atoms with Crippen LogP contribution in [0.4, 0.5) is 0 Å². The Labute approximate surface area is 154 Å². The molecular weight excluding hydrogens is 348 g/mol. The molecule has 7 heteroatoms. The molecule has 0 spiro atoms. The van der Waals surface area contributed by atoms with Crippen LogP contribution in [0.1, 0.15) is 22.9 Å². The number of aromatic nitrogens is 4. The van der Waals surface area contributed by atoms with Crippen molar-refractivity contribution in [1.29, 1.82) is 0 Å². The van der Waals surface area contributed by atoms with E-state index in [9.17, 15) is 0 Å². The molecule has 1 aliphatic rings. The maximum atomic E-state index is 6.02. The molecule has 0 bridgehead atoms. The van der Waals surface area contributed by atoms with E-state index in [1.54, 1.807) is 11.3 Å². The summed E-state index contributed by atoms with van der Waals surface area (Å²) >= 11 is 1.58. The van der Waals surface area contributed by atoms with Crippen molar-refractivity contribution < 1.29 is 9.26 Å². The van der Waals surface area contributed by atoms with Crippen molar-refractivity contribution in [3.63, 3.8) is 0 Å². The molecule has 6 nitrogen and oxygen atoms in total. The highest BCUT2D eigenvalue weighted by Gasteiger charge is 2.24. The average molecular weight is 364 g/mol. The summed E-state index contributed by atoms with van der Waals surface area (Å²) in [6.07, 6.45) is 0.000199. The molecule has 0 unspecified atom stereocenters. The molecule has 130 valence electrons. The zero-order valence-corrected chi connectivity index (χ0v) is 14.9. The van der Waals surface area contributed by atoms with Gasteiger partial charge >= 0.3 is 0 Å². The Kier molecular flexibility index (Phi) is 3.69. The van der Waals surface area contributed by atoms with Gasteiger partial charge in [0.15, 0.2) is 5.69 Å². The minimum Gasteiger partial charge on any atom is -0.365 e. The van der Waals surface area contributed by atoms with E-state index in [0.29, 0.717) is 30.6 Å². The number of ether oxygens (including phenoxy) is 1. The summed E-state index contributed by atoms with van der Waals surface area (Å²) < 4.78 is 13.4. The fourth-order valence-corrected chi connectivity index (χ4v) is 3.70. The zero-order valence-electron chi connectivity index (χ0n) is 14.1. The second-order valence-corrected chi connectivity index (χ2v) is 7.26. The predicted octanol–water partition coefficient (Wildman–Crippen LogP) is 4.24. The van der Waals surface area contributed by atoms with E-state index in [2.05, 4.69) is 46.4 Å². The topological polar surface area (TPSA) is 66.0 Å². The Balaban J connectivity index is 1.40. The normalized spacial score (nSPS) is 16.6. The quantitative estimate of drug-likeness (QED) is 0.544. The van der Waals surface area contributed by atoms with E-state index < -0.39 is 0 Å². The lowest BCUT2D eigenvalue weighted by Crippen LogP contribution is -2.21. The van der Waals surface area contributed by atoms with Gasteiger partial charge < -0.3 is 9.26 Å². The van der Waals surface area contributed by atoms with Gasteiger partial charge in [0.2, 0.25) is 5.82 Å². The van der Waals surface area contributed by atoms with Gasteiger partial charge in [0.25, 0.3) is 5.89 Å². The maximum absolute atomic E-state index is 6.02. The molecule has 1 aliphatic heterocycles. The number of hydrogen-bond acceptors (Lipinski definition) is 6. The van der Waals surface area contributed by atoms with Crippen molar-refractivity contribution in [2.75, 3.05) is 0 Å². The summed E-state index contributed by atoms with van der Waals surface area (Å²) in [4.78, 5) is 5.45. The largest absolute Gasteiger partial charge is 0.365 e. The molecule has 5 rings (SSSR count). The van der Waals surface area contributed by atoms with E-state index in [4.69, 9.17) is 9.26 Å². The smallest absolute Gasteiger partial charge is 0.278 e. The van der Waals surface area contributed by atoms with Crippen LogP contribution in [0.5, 0.6) is 0 Å². The van der Waals surface area contributed by atoms with Crippen LogP contribution in [0.3, 0.4) is 0 Å². The van der Waals surface area contributed by atoms with Crippen LogP contribution in [-0.4, -0.2) is 19.9 Å². The molecule has 1 atom stereocenters. The van der Waals surface area contributed by atoms with Gasteiger partial charge in [-0.05, 0) is 30.0 Å². The van der Waals surface area contributed by atoms with Crippen LogP contribution >= 0.6 is 11.3 Å². The molecule has 4 heterocycles. The summed E-state index contributed by atoms with van der Waals surface area (Å²) in [7, 11) is 0. The number of aryl methyl sites for hydroxylation is 1. The highest BCUT2D eigenvalue weighted by atomic mass is 32.1. The average Bonchev–Trinajstić information content (AvgIpc) is 3.40. The highest BCUT2D eigenvalue weighted by molar-refractivity contribution is 7.13. The first-order valence-electron chi connectivity index (χ1n) is 8.39. The standard InChI is InChI=1S/C19H16N4O2S/c1-12-4-6-13(7-5-12)16-10-23-14(11-24-16)9-15(21-23)19-20-18(22-25-19)17-3-2-8-26-17/h2-9,16H,10-11H2,1H3/t16-/m1/s1. The molecule has 0 amide bonds. The van der Waals surface area contributed by atoms with Crippen molar-refractivity contribution >= 4 is 11.3 Å². The van der Waals surface area contributed by atoms with Gasteiger partial charge in [-0.2, -0.15) is 10.1 Å². The minimum atomic E-state index is 0.000199. The van der Waals surface area contributed by atoms with E-state index >= 15 is 0 Å². The third kappa shape index (κ3) is 2.75.